The second kappa shape index (κ2) is 10.6. The van der Waals surface area contributed by atoms with Crippen LogP contribution in [-0.2, 0) is 16.6 Å². The van der Waals surface area contributed by atoms with Gasteiger partial charge in [-0.25, -0.2) is 13.4 Å². The number of methoxy groups -OCH3 is 1. The number of hydrogen-bond donors (Lipinski definition) is 0. The molecule has 1 unspecified atom stereocenters. The summed E-state index contributed by atoms with van der Waals surface area (Å²) < 4.78 is 40.1. The predicted molar refractivity (Wildman–Crippen MR) is 144 cm³/mol. The number of thiazole rings is 1. The minimum absolute atomic E-state index is 0.0153. The van der Waals surface area contributed by atoms with E-state index in [1.54, 1.807) is 46.8 Å². The first-order valence-corrected chi connectivity index (χ1v) is 14.6. The van der Waals surface area contributed by atoms with E-state index in [9.17, 15) is 13.2 Å². The first kappa shape index (κ1) is 25.4. The summed E-state index contributed by atoms with van der Waals surface area (Å²) in [5.41, 5.74) is 1.12. The molecule has 0 saturated carbocycles. The van der Waals surface area contributed by atoms with E-state index in [1.165, 1.54) is 23.5 Å². The first-order valence-electron chi connectivity index (χ1n) is 12.3. The van der Waals surface area contributed by atoms with Crippen LogP contribution in [0.4, 0.5) is 5.13 Å². The molecule has 1 amide bonds. The molecule has 0 radical (unpaired) electrons. The van der Waals surface area contributed by atoms with E-state index in [4.69, 9.17) is 9.15 Å². The molecule has 10 heteroatoms. The molecule has 4 aromatic rings. The van der Waals surface area contributed by atoms with Crippen LogP contribution in [0.5, 0.6) is 5.75 Å². The zero-order chi connectivity index (χ0) is 26.0. The molecule has 1 aliphatic rings. The quantitative estimate of drug-likeness (QED) is 0.285. The van der Waals surface area contributed by atoms with Gasteiger partial charge in [-0.3, -0.25) is 9.69 Å². The Kier molecular flexibility index (Phi) is 7.32. The van der Waals surface area contributed by atoms with Gasteiger partial charge in [0.05, 0.1) is 35.0 Å². The van der Waals surface area contributed by atoms with E-state index in [-0.39, 0.29) is 23.4 Å². The minimum atomic E-state index is -3.63. The Hall–Kier alpha value is -3.21. The summed E-state index contributed by atoms with van der Waals surface area (Å²) in [5, 5.41) is 0.514. The highest BCUT2D eigenvalue weighted by molar-refractivity contribution is 7.89. The van der Waals surface area contributed by atoms with Gasteiger partial charge in [0.1, 0.15) is 11.5 Å². The van der Waals surface area contributed by atoms with Crippen LogP contribution in [0.25, 0.3) is 10.2 Å². The third-order valence-electron chi connectivity index (χ3n) is 6.71. The topological polar surface area (TPSA) is 93.0 Å². The number of anilines is 1. The third-order valence-corrected chi connectivity index (χ3v) is 9.71. The number of hydrogen-bond acceptors (Lipinski definition) is 7. The summed E-state index contributed by atoms with van der Waals surface area (Å²) in [5.74, 6) is 1.03. The second-order valence-electron chi connectivity index (χ2n) is 9.00. The van der Waals surface area contributed by atoms with Crippen molar-refractivity contribution in [3.8, 4) is 5.75 Å². The summed E-state index contributed by atoms with van der Waals surface area (Å²) in [6.07, 6.45) is 5.13. The number of nitrogens with zero attached hydrogens (tertiary/aromatic N) is 3. The van der Waals surface area contributed by atoms with Crippen molar-refractivity contribution in [2.45, 2.75) is 50.1 Å². The number of ether oxygens (including phenoxy) is 1. The number of furan rings is 1. The number of sulfonamides is 1. The Bertz CT molecular complexity index is 1480. The van der Waals surface area contributed by atoms with Crippen molar-refractivity contribution in [2.24, 2.45) is 0 Å². The Morgan fingerprint density at radius 1 is 1.19 bits per heavy atom. The molecule has 0 N–H and O–H groups in total. The van der Waals surface area contributed by atoms with Crippen molar-refractivity contribution in [1.29, 1.82) is 0 Å². The van der Waals surface area contributed by atoms with E-state index in [0.717, 1.165) is 35.9 Å². The lowest BCUT2D eigenvalue weighted by Gasteiger charge is -2.34. The molecule has 37 heavy (non-hydrogen) atoms. The highest BCUT2D eigenvalue weighted by Gasteiger charge is 2.32. The second-order valence-corrected chi connectivity index (χ2v) is 11.9. The van der Waals surface area contributed by atoms with Crippen LogP contribution in [0.15, 0.2) is 70.2 Å². The molecule has 2 aromatic heterocycles. The van der Waals surface area contributed by atoms with Crippen molar-refractivity contribution in [3.63, 3.8) is 0 Å². The number of fused-ring (bicyclic) bond motifs is 1. The van der Waals surface area contributed by atoms with Gasteiger partial charge in [-0.15, -0.1) is 0 Å². The number of carbonyl (C=O) groups excluding carboxylic acids is 1. The normalized spacial score (nSPS) is 16.6. The van der Waals surface area contributed by atoms with Crippen molar-refractivity contribution >= 4 is 42.6 Å². The molecule has 0 aliphatic carbocycles. The lowest BCUT2D eigenvalue weighted by atomic mass is 10.0. The van der Waals surface area contributed by atoms with E-state index < -0.39 is 10.0 Å². The van der Waals surface area contributed by atoms with Gasteiger partial charge in [-0.2, -0.15) is 4.31 Å². The van der Waals surface area contributed by atoms with Crippen LogP contribution >= 0.6 is 11.3 Å². The van der Waals surface area contributed by atoms with Gasteiger partial charge in [0.2, 0.25) is 10.0 Å². The first-order chi connectivity index (χ1) is 17.9. The van der Waals surface area contributed by atoms with Gasteiger partial charge in [-0.05, 0) is 73.9 Å². The summed E-state index contributed by atoms with van der Waals surface area (Å²) in [4.78, 5) is 20.1. The number of piperidine rings is 1. The SMILES string of the molecule is CCC1CCCCN1S(=O)(=O)c1ccc(C(=O)N(Cc2ccco2)c2nc3ccc(OC)cc3s2)cc1. The average Bonchev–Trinajstić information content (AvgIpc) is 3.60. The summed E-state index contributed by atoms with van der Waals surface area (Å²) in [7, 11) is -2.03. The van der Waals surface area contributed by atoms with E-state index in [0.29, 0.717) is 28.7 Å². The highest BCUT2D eigenvalue weighted by Crippen LogP contribution is 2.33. The molecule has 1 atom stereocenters. The maximum atomic E-state index is 13.7. The van der Waals surface area contributed by atoms with E-state index >= 15 is 0 Å². The van der Waals surface area contributed by atoms with Crippen LogP contribution in [0, 0.1) is 0 Å². The summed E-state index contributed by atoms with van der Waals surface area (Å²) >= 11 is 1.38. The molecular weight excluding hydrogens is 510 g/mol. The molecule has 0 bridgehead atoms. The van der Waals surface area contributed by atoms with Gasteiger partial charge < -0.3 is 9.15 Å². The molecule has 1 saturated heterocycles. The zero-order valence-corrected chi connectivity index (χ0v) is 22.4. The molecule has 8 nitrogen and oxygen atoms in total. The van der Waals surface area contributed by atoms with E-state index in [1.807, 2.05) is 25.1 Å². The maximum absolute atomic E-state index is 13.7. The highest BCUT2D eigenvalue weighted by atomic mass is 32.2. The monoisotopic (exact) mass is 539 g/mol. The van der Waals surface area contributed by atoms with Crippen molar-refractivity contribution in [2.75, 3.05) is 18.6 Å². The lowest BCUT2D eigenvalue weighted by Crippen LogP contribution is -2.43. The predicted octanol–water partition coefficient (Wildman–Crippen LogP) is 5.70. The van der Waals surface area contributed by atoms with Crippen molar-refractivity contribution in [3.05, 3.63) is 72.2 Å². The van der Waals surface area contributed by atoms with Gasteiger partial charge in [0, 0.05) is 18.2 Å². The molecule has 194 valence electrons. The number of rotatable bonds is 8. The number of amides is 1. The fraction of sp³-hybridized carbons (Fsp3) is 0.333. The average molecular weight is 540 g/mol. The van der Waals surface area contributed by atoms with Crippen LogP contribution in [0.3, 0.4) is 0 Å². The van der Waals surface area contributed by atoms with Gasteiger partial charge >= 0.3 is 0 Å². The van der Waals surface area contributed by atoms with E-state index in [2.05, 4.69) is 4.98 Å². The smallest absolute Gasteiger partial charge is 0.260 e. The minimum Gasteiger partial charge on any atom is -0.497 e. The van der Waals surface area contributed by atoms with Crippen LogP contribution in [-0.4, -0.2) is 43.3 Å². The van der Waals surface area contributed by atoms with Gasteiger partial charge in [-0.1, -0.05) is 24.7 Å². The fourth-order valence-electron chi connectivity index (χ4n) is 4.68. The molecule has 0 spiro atoms. The zero-order valence-electron chi connectivity index (χ0n) is 20.8. The van der Waals surface area contributed by atoms with Gasteiger partial charge in [0.25, 0.3) is 5.91 Å². The Morgan fingerprint density at radius 3 is 2.70 bits per heavy atom. The van der Waals surface area contributed by atoms with Crippen LogP contribution < -0.4 is 9.64 Å². The molecule has 5 rings (SSSR count). The fourth-order valence-corrected chi connectivity index (χ4v) is 7.44. The maximum Gasteiger partial charge on any atom is 0.260 e. The van der Waals surface area contributed by atoms with Gasteiger partial charge in [0.15, 0.2) is 5.13 Å². The number of benzene rings is 2. The molecule has 3 heterocycles. The molecule has 2 aromatic carbocycles. The summed E-state index contributed by atoms with van der Waals surface area (Å²) in [6.45, 7) is 2.74. The molecule has 1 fully saturated rings. The Morgan fingerprint density at radius 2 is 2.00 bits per heavy atom. The largest absolute Gasteiger partial charge is 0.497 e. The molecular formula is C27H29N3O5S2. The van der Waals surface area contributed by atoms with Crippen LogP contribution in [0.2, 0.25) is 0 Å². The number of carbonyl (C=O) groups is 1. The van der Waals surface area contributed by atoms with Crippen molar-refractivity contribution < 1.29 is 22.4 Å². The number of aromatic nitrogens is 1. The Balaban J connectivity index is 1.45. The molecule has 1 aliphatic heterocycles. The van der Waals surface area contributed by atoms with Crippen LogP contribution in [0.1, 0.15) is 48.7 Å². The van der Waals surface area contributed by atoms with Crippen molar-refractivity contribution in [1.82, 2.24) is 9.29 Å². The standard InChI is InChI=1S/C27H29N3O5S2/c1-3-20-7-4-5-15-30(20)37(32,33)23-12-9-19(10-13-23)26(31)29(18-22-8-6-16-35-22)27-28-24-14-11-21(34-2)17-25(24)36-27/h6,8-14,16-17,20H,3-5,7,15,18H2,1-2H3. The summed E-state index contributed by atoms with van der Waals surface area (Å²) in [6, 6.07) is 15.4. The third kappa shape index (κ3) is 5.14. The lowest BCUT2D eigenvalue weighted by molar-refractivity contribution is 0.0983. The Labute approximate surface area is 220 Å².